The highest BCUT2D eigenvalue weighted by Crippen LogP contribution is 2.14. The predicted octanol–water partition coefficient (Wildman–Crippen LogP) is 1.86. The maximum Gasteiger partial charge on any atom is 0.0925 e. The van der Waals surface area contributed by atoms with Crippen molar-refractivity contribution in [1.29, 1.82) is 0 Å². The number of likely N-dealkylation sites (N-methyl/N-ethyl adjacent to an activating group) is 1. The van der Waals surface area contributed by atoms with E-state index in [1.165, 1.54) is 5.57 Å². The second-order valence-electron chi connectivity index (χ2n) is 3.66. The van der Waals surface area contributed by atoms with Gasteiger partial charge in [0.15, 0.2) is 0 Å². The smallest absolute Gasteiger partial charge is 0.0925 e. The molecule has 84 valence electrons. The quantitative estimate of drug-likeness (QED) is 0.424. The van der Waals surface area contributed by atoms with E-state index in [1.807, 2.05) is 13.0 Å². The van der Waals surface area contributed by atoms with Gasteiger partial charge in [0.05, 0.1) is 12.3 Å². The predicted molar refractivity (Wildman–Crippen MR) is 63.2 cm³/mol. The first-order chi connectivity index (χ1) is 7.27. The first kappa shape index (κ1) is 12.0. The highest BCUT2D eigenvalue weighted by atomic mass is 16.6. The molecular weight excluding hydrogens is 188 g/mol. The molecule has 1 aliphatic heterocycles. The standard InChI is InChI=1S/C12H20N2O/c1-4-9-15-13-12(5-2)11-7-6-8-14(3)10-11/h4-5,7,13H,1,6,8-10H2,2-3H3. The Hall–Kier alpha value is -1.06. The molecule has 0 spiro atoms. The molecule has 1 aliphatic rings. The van der Waals surface area contributed by atoms with Gasteiger partial charge in [-0.05, 0) is 26.0 Å². The van der Waals surface area contributed by atoms with Gasteiger partial charge in [-0.25, -0.2) is 0 Å². The summed E-state index contributed by atoms with van der Waals surface area (Å²) in [6, 6.07) is 0. The van der Waals surface area contributed by atoms with Crippen molar-refractivity contribution in [1.82, 2.24) is 10.4 Å². The van der Waals surface area contributed by atoms with E-state index in [2.05, 4.69) is 30.1 Å². The van der Waals surface area contributed by atoms with Crippen molar-refractivity contribution in [2.45, 2.75) is 13.3 Å². The lowest BCUT2D eigenvalue weighted by Crippen LogP contribution is -2.29. The molecule has 0 bridgehead atoms. The van der Waals surface area contributed by atoms with Crippen LogP contribution in [0.1, 0.15) is 13.3 Å². The molecule has 0 fully saturated rings. The van der Waals surface area contributed by atoms with Crippen LogP contribution in [0.2, 0.25) is 0 Å². The molecule has 3 heteroatoms. The zero-order valence-corrected chi connectivity index (χ0v) is 9.62. The van der Waals surface area contributed by atoms with Crippen LogP contribution in [-0.4, -0.2) is 31.6 Å². The molecule has 1 N–H and O–H groups in total. The van der Waals surface area contributed by atoms with Crippen LogP contribution in [-0.2, 0) is 4.84 Å². The second kappa shape index (κ2) is 6.43. The fraction of sp³-hybridized carbons (Fsp3) is 0.500. The minimum absolute atomic E-state index is 0.514. The van der Waals surface area contributed by atoms with Crippen molar-refractivity contribution < 1.29 is 4.84 Å². The normalized spacial score (nSPS) is 18.5. The molecule has 0 aromatic rings. The van der Waals surface area contributed by atoms with Gasteiger partial charge in [0.1, 0.15) is 0 Å². The number of nitrogens with zero attached hydrogens (tertiary/aromatic N) is 1. The van der Waals surface area contributed by atoms with E-state index < -0.39 is 0 Å². The third-order valence-electron chi connectivity index (χ3n) is 2.36. The van der Waals surface area contributed by atoms with E-state index in [-0.39, 0.29) is 0 Å². The van der Waals surface area contributed by atoms with Gasteiger partial charge < -0.3 is 4.90 Å². The van der Waals surface area contributed by atoms with Gasteiger partial charge >= 0.3 is 0 Å². The summed E-state index contributed by atoms with van der Waals surface area (Å²) in [6.45, 7) is 8.23. The summed E-state index contributed by atoms with van der Waals surface area (Å²) in [5.41, 5.74) is 5.32. The lowest BCUT2D eigenvalue weighted by atomic mass is 10.1. The van der Waals surface area contributed by atoms with Crippen LogP contribution in [0.25, 0.3) is 0 Å². The molecule has 0 saturated carbocycles. The first-order valence-corrected chi connectivity index (χ1v) is 5.31. The van der Waals surface area contributed by atoms with Gasteiger partial charge in [0.2, 0.25) is 0 Å². The Balaban J connectivity index is 2.51. The highest BCUT2D eigenvalue weighted by molar-refractivity contribution is 5.30. The molecule has 0 radical (unpaired) electrons. The van der Waals surface area contributed by atoms with E-state index in [0.29, 0.717) is 6.61 Å². The topological polar surface area (TPSA) is 24.5 Å². The van der Waals surface area contributed by atoms with E-state index >= 15 is 0 Å². The van der Waals surface area contributed by atoms with Gasteiger partial charge in [-0.3, -0.25) is 10.3 Å². The van der Waals surface area contributed by atoms with E-state index in [9.17, 15) is 0 Å². The molecule has 0 saturated heterocycles. The summed E-state index contributed by atoms with van der Waals surface area (Å²) >= 11 is 0. The fourth-order valence-corrected chi connectivity index (χ4v) is 1.58. The van der Waals surface area contributed by atoms with Crippen LogP contribution < -0.4 is 5.48 Å². The minimum atomic E-state index is 0.514. The number of nitrogens with one attached hydrogen (secondary N) is 1. The summed E-state index contributed by atoms with van der Waals surface area (Å²) in [7, 11) is 2.13. The molecule has 15 heavy (non-hydrogen) atoms. The van der Waals surface area contributed by atoms with Crippen molar-refractivity contribution in [2.75, 3.05) is 26.7 Å². The fourth-order valence-electron chi connectivity index (χ4n) is 1.58. The third-order valence-corrected chi connectivity index (χ3v) is 2.36. The van der Waals surface area contributed by atoms with Gasteiger partial charge in [0.25, 0.3) is 0 Å². The molecule has 0 atom stereocenters. The van der Waals surface area contributed by atoms with E-state index in [0.717, 1.165) is 25.2 Å². The van der Waals surface area contributed by atoms with Gasteiger partial charge in [0, 0.05) is 13.1 Å². The van der Waals surface area contributed by atoms with Crippen LogP contribution >= 0.6 is 0 Å². The molecule has 1 rings (SSSR count). The van der Waals surface area contributed by atoms with Crippen molar-refractivity contribution in [2.24, 2.45) is 0 Å². The van der Waals surface area contributed by atoms with Crippen LogP contribution in [0.4, 0.5) is 0 Å². The van der Waals surface area contributed by atoms with E-state index in [4.69, 9.17) is 4.84 Å². The Kier molecular flexibility index (Phi) is 5.15. The van der Waals surface area contributed by atoms with Crippen LogP contribution in [0.3, 0.4) is 0 Å². The van der Waals surface area contributed by atoms with Gasteiger partial charge in [-0.1, -0.05) is 18.2 Å². The largest absolute Gasteiger partial charge is 0.302 e. The molecule has 0 aromatic carbocycles. The Morgan fingerprint density at radius 2 is 2.53 bits per heavy atom. The van der Waals surface area contributed by atoms with Crippen molar-refractivity contribution in [3.8, 4) is 0 Å². The third kappa shape index (κ3) is 3.90. The summed E-state index contributed by atoms with van der Waals surface area (Å²) in [6.07, 6.45) is 7.13. The number of rotatable bonds is 5. The van der Waals surface area contributed by atoms with Crippen LogP contribution in [0.5, 0.6) is 0 Å². The lowest BCUT2D eigenvalue weighted by Gasteiger charge is -2.24. The van der Waals surface area contributed by atoms with Gasteiger partial charge in [-0.2, -0.15) is 0 Å². The monoisotopic (exact) mass is 208 g/mol. The SMILES string of the molecule is C=CCONC(=CC)C1=CCCN(C)C1. The van der Waals surface area contributed by atoms with Crippen LogP contribution in [0.15, 0.2) is 36.1 Å². The molecule has 0 aromatic heterocycles. The maximum atomic E-state index is 5.23. The molecule has 1 heterocycles. The lowest BCUT2D eigenvalue weighted by molar-refractivity contribution is 0.0869. The highest BCUT2D eigenvalue weighted by Gasteiger charge is 2.11. The summed E-state index contributed by atoms with van der Waals surface area (Å²) < 4.78 is 0. The summed E-state index contributed by atoms with van der Waals surface area (Å²) in [4.78, 5) is 7.53. The summed E-state index contributed by atoms with van der Waals surface area (Å²) in [5, 5.41) is 0. The number of hydrogen-bond acceptors (Lipinski definition) is 3. The second-order valence-corrected chi connectivity index (χ2v) is 3.66. The van der Waals surface area contributed by atoms with Crippen molar-refractivity contribution >= 4 is 0 Å². The number of allylic oxidation sites excluding steroid dienone is 1. The maximum absolute atomic E-state index is 5.23. The average Bonchev–Trinajstić information content (AvgIpc) is 2.24. The van der Waals surface area contributed by atoms with Crippen molar-refractivity contribution in [3.05, 3.63) is 36.1 Å². The number of hydroxylamine groups is 1. The van der Waals surface area contributed by atoms with E-state index in [1.54, 1.807) is 6.08 Å². The molecule has 0 aliphatic carbocycles. The Labute approximate surface area is 92.1 Å². The molecule has 3 nitrogen and oxygen atoms in total. The van der Waals surface area contributed by atoms with Crippen molar-refractivity contribution in [3.63, 3.8) is 0 Å². The zero-order valence-electron chi connectivity index (χ0n) is 9.62. The Morgan fingerprint density at radius 3 is 3.13 bits per heavy atom. The average molecular weight is 208 g/mol. The Morgan fingerprint density at radius 1 is 1.73 bits per heavy atom. The Bertz CT molecular complexity index is 269. The summed E-state index contributed by atoms with van der Waals surface area (Å²) in [5.74, 6) is 0. The first-order valence-electron chi connectivity index (χ1n) is 5.31. The molecule has 0 amide bonds. The molecule has 0 unspecified atom stereocenters. The minimum Gasteiger partial charge on any atom is -0.302 e. The van der Waals surface area contributed by atoms with Crippen LogP contribution in [0, 0.1) is 0 Å². The van der Waals surface area contributed by atoms with Gasteiger partial charge in [-0.15, -0.1) is 6.58 Å². The number of hydrogen-bond donors (Lipinski definition) is 1. The molecular formula is C12H20N2O. The zero-order chi connectivity index (χ0) is 11.1.